The first-order chi connectivity index (χ1) is 53.7. The molecule has 0 aromatic heterocycles. The van der Waals surface area contributed by atoms with Crippen LogP contribution in [0.25, 0.3) is 0 Å². The number of amides is 8. The number of benzene rings is 6. The van der Waals surface area contributed by atoms with Crippen LogP contribution in [0, 0.1) is 18.8 Å². The summed E-state index contributed by atoms with van der Waals surface area (Å²) in [5, 5.41) is 37.4. The summed E-state index contributed by atoms with van der Waals surface area (Å²) >= 11 is 0. The Kier molecular flexibility index (Phi) is 49.2. The van der Waals surface area contributed by atoms with E-state index in [-0.39, 0.29) is 36.2 Å². The third kappa shape index (κ3) is 42.9. The molecule has 1 atom stereocenters. The van der Waals surface area contributed by atoms with Gasteiger partial charge in [-0.1, -0.05) is 204 Å². The highest BCUT2D eigenvalue weighted by Gasteiger charge is 2.25. The van der Waals surface area contributed by atoms with Gasteiger partial charge in [0.1, 0.15) is 0 Å². The maximum absolute atomic E-state index is 12.6. The zero-order chi connectivity index (χ0) is 82.6. The Hall–Kier alpha value is -9.31. The molecule has 0 heterocycles. The smallest absolute Gasteiger partial charge is 0.411 e. The number of carbonyl (C=O) groups excluding carboxylic acids is 6. The highest BCUT2D eigenvalue weighted by atomic mass is 16.6. The molecule has 0 saturated heterocycles. The van der Waals surface area contributed by atoms with E-state index >= 15 is 0 Å². The van der Waals surface area contributed by atoms with E-state index in [4.69, 9.17) is 19.7 Å². The maximum Gasteiger partial charge on any atom is 0.411 e. The zero-order valence-corrected chi connectivity index (χ0v) is 70.2. The molecule has 6 aromatic carbocycles. The van der Waals surface area contributed by atoms with Crippen molar-refractivity contribution in [1.82, 2.24) is 15.1 Å². The lowest BCUT2D eigenvalue weighted by molar-refractivity contribution is 0.158. The molecular formula is C91H138N9O12+. The molecule has 21 nitrogen and oxygen atoms in total. The Bertz CT molecular complexity index is 3280. The number of urea groups is 2. The molecule has 0 saturated carbocycles. The van der Waals surface area contributed by atoms with Crippen molar-refractivity contribution in [3.63, 3.8) is 0 Å². The number of methoxy groups -OCH3 is 2. The second-order valence-corrected chi connectivity index (χ2v) is 30.1. The summed E-state index contributed by atoms with van der Waals surface area (Å²) in [7, 11) is 2.65. The highest BCUT2D eigenvalue weighted by Crippen LogP contribution is 2.25. The van der Waals surface area contributed by atoms with Gasteiger partial charge in [-0.05, 0) is 211 Å². The minimum absolute atomic E-state index is 0.0725. The maximum atomic E-state index is 12.6. The van der Waals surface area contributed by atoms with Crippen molar-refractivity contribution in [2.24, 2.45) is 11.8 Å². The van der Waals surface area contributed by atoms with E-state index in [1.165, 1.54) is 59.2 Å². The quantitative estimate of drug-likeness (QED) is 0.00981. The number of hydrogen-bond acceptors (Lipinski definition) is 13. The molecule has 6 rings (SSSR count). The minimum Gasteiger partial charge on any atom is -0.453 e. The van der Waals surface area contributed by atoms with E-state index in [0.29, 0.717) is 67.2 Å². The Labute approximate surface area is 671 Å². The summed E-state index contributed by atoms with van der Waals surface area (Å²) < 4.78 is 20.0. The molecule has 112 heavy (non-hydrogen) atoms. The zero-order valence-electron chi connectivity index (χ0n) is 70.2. The van der Waals surface area contributed by atoms with Crippen molar-refractivity contribution in [2.75, 3.05) is 72.5 Å². The minimum atomic E-state index is -0.506. The number of aliphatic hydroxyl groups excluding tert-OH is 2. The van der Waals surface area contributed by atoms with Gasteiger partial charge < -0.3 is 50.0 Å². The number of ether oxygens (including phenoxy) is 4. The monoisotopic (exact) mass is 1550 g/mol. The third-order valence-electron chi connectivity index (χ3n) is 18.8. The van der Waals surface area contributed by atoms with Crippen molar-refractivity contribution in [3.05, 3.63) is 186 Å². The molecule has 0 aliphatic carbocycles. The molecule has 0 spiro atoms. The van der Waals surface area contributed by atoms with E-state index < -0.39 is 24.4 Å². The second kappa shape index (κ2) is 56.8. The number of aliphatic hydroxyl groups is 2. The fraction of sp³-hybridized carbons (Fsp3) is 0.527. The average molecular weight is 1550 g/mol. The largest absolute Gasteiger partial charge is 0.453 e. The summed E-state index contributed by atoms with van der Waals surface area (Å²) in [6.07, 6.45) is 20.3. The van der Waals surface area contributed by atoms with Crippen LogP contribution in [0.3, 0.4) is 0 Å². The van der Waals surface area contributed by atoms with E-state index in [1.54, 1.807) is 4.90 Å². The van der Waals surface area contributed by atoms with Crippen LogP contribution in [0.15, 0.2) is 146 Å². The van der Waals surface area contributed by atoms with Gasteiger partial charge in [0, 0.05) is 77.5 Å². The highest BCUT2D eigenvalue weighted by molar-refractivity contribution is 5.91. The number of nitrogens with zero attached hydrogens (tertiary/aromatic N) is 2. The number of nitrogens with one attached hydrogen (secondary N) is 7. The van der Waals surface area contributed by atoms with E-state index in [0.717, 1.165) is 141 Å². The van der Waals surface area contributed by atoms with Crippen LogP contribution in [-0.2, 0) is 38.2 Å². The fourth-order valence-electron chi connectivity index (χ4n) is 12.9. The molecule has 21 heteroatoms. The van der Waals surface area contributed by atoms with Crippen LogP contribution in [0.1, 0.15) is 239 Å². The topological polar surface area (TPSA) is 270 Å². The third-order valence-corrected chi connectivity index (χ3v) is 18.8. The molecular weight excluding hydrogens is 1410 g/mol. The SMILES string of the molecule is CC(C)NC(C)C.CCC(CCCCCO)CCCCCO.CCC(CCCCCOC(=O)Nc1ccc(Cc2ccc(NC(=O)OC)cc2)cc1)CCCCCOC(=O)Nc1ccc(Cc2ccc(NC(=O)OC)cc2)cc1.[CH2+]C(C)N(C(=O)Nc1ccc(Cc2ccc(NC(=O)N(C(C)C)C(C)C)cc2)cc1)C(C)C. The lowest BCUT2D eigenvalue weighted by Crippen LogP contribution is -2.44. The van der Waals surface area contributed by atoms with Gasteiger partial charge in [-0.3, -0.25) is 26.2 Å². The number of carbonyl (C=O) groups is 6. The Balaban J connectivity index is 0.000000491. The molecule has 9 N–H and O–H groups in total. The lowest BCUT2D eigenvalue weighted by atomic mass is 9.93. The molecule has 0 aliphatic rings. The number of unbranched alkanes of at least 4 members (excludes halogenated alkanes) is 8. The van der Waals surface area contributed by atoms with E-state index in [2.05, 4.69) is 95.2 Å². The molecule has 0 bridgehead atoms. The Morgan fingerprint density at radius 2 is 0.580 bits per heavy atom. The average Bonchev–Trinajstić information content (AvgIpc) is 0.859. The van der Waals surface area contributed by atoms with Crippen molar-refractivity contribution < 1.29 is 57.9 Å². The number of rotatable bonds is 42. The summed E-state index contributed by atoms with van der Waals surface area (Å²) in [4.78, 5) is 76.0. The predicted octanol–water partition coefficient (Wildman–Crippen LogP) is 22.1. The van der Waals surface area contributed by atoms with Crippen LogP contribution in [0.5, 0.6) is 0 Å². The fourth-order valence-corrected chi connectivity index (χ4v) is 12.9. The van der Waals surface area contributed by atoms with Gasteiger partial charge in [0.2, 0.25) is 0 Å². The van der Waals surface area contributed by atoms with Crippen LogP contribution >= 0.6 is 0 Å². The standard InChI is InChI=1S/C45H56N4O8.C27H38N4O2.C13H28O2.C6H15N/c1-4-33(11-7-5-9-29-56-44(52)48-40-25-17-36(18-26-40)31-34-13-21-38(22-14-34)46-42(50)54-2)12-8-6-10-30-57-45(53)49-41-27-19-37(20-28-41)32-35-15-23-39(24-16-35)47-43(51)55-3;1-18(2)30(19(3)4)26(32)28-24-13-9-22(10-14-24)17-23-11-15-25(16-12-23)29-27(33)31(20(5)6)21(7)8;1-2-13(9-5-3-7-11-14)10-6-4-8-12-15;1-5(2)7-6(3)4/h13-28,33H,4-12,29-32H2,1-3H3,(H,46,50)(H,47,51)(H,48,52)(H,49,53);9-16,18-21H,1,17H2,2-8H3,(H-,28,29,32,33);13-15H,2-12H2,1H3;5-7H,1-4H3/p+1. The second-order valence-electron chi connectivity index (χ2n) is 30.1. The molecule has 0 aliphatic heterocycles. The van der Waals surface area contributed by atoms with Gasteiger partial charge in [-0.15, -0.1) is 0 Å². The predicted molar refractivity (Wildman–Crippen MR) is 460 cm³/mol. The van der Waals surface area contributed by atoms with Crippen molar-refractivity contribution >= 4 is 70.6 Å². The number of hydrogen-bond donors (Lipinski definition) is 9. The lowest BCUT2D eigenvalue weighted by Gasteiger charge is -2.30. The first-order valence-corrected chi connectivity index (χ1v) is 40.8. The van der Waals surface area contributed by atoms with Gasteiger partial charge in [0.25, 0.3) is 0 Å². The first-order valence-electron chi connectivity index (χ1n) is 40.8. The van der Waals surface area contributed by atoms with Crippen LogP contribution in [0.2, 0.25) is 0 Å². The summed E-state index contributed by atoms with van der Waals surface area (Å²) in [6, 6.07) is 47.4. The summed E-state index contributed by atoms with van der Waals surface area (Å²) in [5.74, 6) is 1.53. The van der Waals surface area contributed by atoms with E-state index in [1.807, 2.05) is 199 Å². The van der Waals surface area contributed by atoms with Crippen molar-refractivity contribution in [1.29, 1.82) is 0 Å². The van der Waals surface area contributed by atoms with Gasteiger partial charge in [0.05, 0.1) is 34.4 Å². The summed E-state index contributed by atoms with van der Waals surface area (Å²) in [5.41, 5.74) is 10.9. The van der Waals surface area contributed by atoms with Gasteiger partial charge >= 0.3 is 36.4 Å². The van der Waals surface area contributed by atoms with Gasteiger partial charge in [0.15, 0.2) is 6.04 Å². The van der Waals surface area contributed by atoms with Crippen molar-refractivity contribution in [2.45, 2.75) is 261 Å². The molecule has 8 amide bonds. The van der Waals surface area contributed by atoms with Crippen molar-refractivity contribution in [3.8, 4) is 0 Å². The molecule has 0 radical (unpaired) electrons. The van der Waals surface area contributed by atoms with Crippen LogP contribution in [0.4, 0.5) is 62.9 Å². The molecule has 0 fully saturated rings. The first kappa shape index (κ1) is 96.9. The molecule has 1 unspecified atom stereocenters. The molecule has 6 aromatic rings. The Morgan fingerprint density at radius 3 is 0.795 bits per heavy atom. The summed E-state index contributed by atoms with van der Waals surface area (Å²) in [6.45, 7) is 32.5. The normalized spacial score (nSPS) is 11.2. The van der Waals surface area contributed by atoms with Gasteiger partial charge in [-0.25, -0.2) is 28.8 Å². The van der Waals surface area contributed by atoms with E-state index in [9.17, 15) is 28.8 Å². The Morgan fingerprint density at radius 1 is 0.339 bits per heavy atom. The molecule has 618 valence electrons. The number of anilines is 6. The van der Waals surface area contributed by atoms with Gasteiger partial charge in [-0.2, -0.15) is 0 Å². The van der Waals surface area contributed by atoms with Crippen LogP contribution in [-0.4, -0.2) is 133 Å². The van der Waals surface area contributed by atoms with Crippen LogP contribution < -0.4 is 37.2 Å².